The van der Waals surface area contributed by atoms with Crippen molar-refractivity contribution >= 4 is 52.6 Å². The number of hydrogen-bond acceptors (Lipinski definition) is 2. The van der Waals surface area contributed by atoms with Crippen molar-refractivity contribution in [2.24, 2.45) is 5.41 Å². The summed E-state index contributed by atoms with van der Waals surface area (Å²) in [5.74, 6) is -0.475. The molecule has 0 spiro atoms. The zero-order valence-electron chi connectivity index (χ0n) is 24.3. The van der Waals surface area contributed by atoms with Crippen LogP contribution in [0.2, 0.25) is 0 Å². The largest absolute Gasteiger partial charge is 0.280 e. The van der Waals surface area contributed by atoms with Crippen LogP contribution in [0, 0.1) is 12.3 Å². The molecule has 0 amide bonds. The molecule has 0 unspecified atom stereocenters. The van der Waals surface area contributed by atoms with Gasteiger partial charge in [0, 0.05) is 33.3 Å². The van der Waals surface area contributed by atoms with Gasteiger partial charge in [-0.15, -0.1) is 0 Å². The average Bonchev–Trinajstić information content (AvgIpc) is 3.39. The topological polar surface area (TPSA) is 44.0 Å². The van der Waals surface area contributed by atoms with E-state index in [1.165, 1.54) is 12.2 Å². The van der Waals surface area contributed by atoms with Gasteiger partial charge in [0.1, 0.15) is 0 Å². The minimum Gasteiger partial charge on any atom is -0.280 e. The van der Waals surface area contributed by atoms with Crippen LogP contribution in [-0.4, -0.2) is 20.9 Å². The monoisotopic (exact) mass is 530 g/mol. The third kappa shape index (κ3) is 5.39. The van der Waals surface area contributed by atoms with Crippen LogP contribution in [0.4, 0.5) is 0 Å². The number of carbonyl (C=O) groups is 2. The van der Waals surface area contributed by atoms with Gasteiger partial charge in [-0.2, -0.15) is 0 Å². The number of para-hydroxylation sites is 1. The summed E-state index contributed by atoms with van der Waals surface area (Å²) >= 11 is 0. The van der Waals surface area contributed by atoms with Crippen molar-refractivity contribution in [1.82, 2.24) is 9.13 Å². The highest BCUT2D eigenvalue weighted by Gasteiger charge is 2.27. The summed E-state index contributed by atoms with van der Waals surface area (Å²) < 4.78 is 3.33. The molecule has 0 saturated carbocycles. The van der Waals surface area contributed by atoms with Gasteiger partial charge in [0.2, 0.25) is 0 Å². The van der Waals surface area contributed by atoms with Crippen molar-refractivity contribution < 1.29 is 9.59 Å². The van der Waals surface area contributed by atoms with E-state index >= 15 is 0 Å². The van der Waals surface area contributed by atoms with Gasteiger partial charge in [0.15, 0.2) is 0 Å². The fraction of sp³-hybridized carbons (Fsp3) is 0.167. The smallest absolute Gasteiger partial charge is 0.254 e. The molecule has 0 atom stereocenters. The number of benzene rings is 1. The second-order valence-corrected chi connectivity index (χ2v) is 10.5. The van der Waals surface area contributed by atoms with E-state index in [-0.39, 0.29) is 17.2 Å². The minimum atomic E-state index is -0.271. The van der Waals surface area contributed by atoms with Crippen LogP contribution in [0.15, 0.2) is 93.1 Å². The first-order valence-corrected chi connectivity index (χ1v) is 13.2. The SMILES string of the molecule is C=CC(=O)n1c(/C=C\C)c(C=C)c(C=C)c1C(=C\C(C)(C)C)/C(C=C)=C/c1c(C)n(C(=O)C=C)c2ccccc12. The maximum Gasteiger partial charge on any atom is 0.254 e. The Labute approximate surface area is 238 Å². The van der Waals surface area contributed by atoms with Gasteiger partial charge >= 0.3 is 0 Å². The summed E-state index contributed by atoms with van der Waals surface area (Å²) in [6.45, 7) is 29.9. The van der Waals surface area contributed by atoms with Gasteiger partial charge < -0.3 is 0 Å². The predicted molar refractivity (Wildman–Crippen MR) is 173 cm³/mol. The molecule has 4 nitrogen and oxygen atoms in total. The third-order valence-electron chi connectivity index (χ3n) is 6.63. The van der Waals surface area contributed by atoms with Gasteiger partial charge in [-0.25, -0.2) is 0 Å². The second kappa shape index (κ2) is 12.0. The lowest BCUT2D eigenvalue weighted by Crippen LogP contribution is -2.14. The number of nitrogens with zero attached hydrogens (tertiary/aromatic N) is 2. The molecule has 0 radical (unpaired) electrons. The van der Waals surface area contributed by atoms with Crippen LogP contribution in [0.5, 0.6) is 0 Å². The molecular formula is C36H38N2O2. The average molecular weight is 531 g/mol. The van der Waals surface area contributed by atoms with Crippen molar-refractivity contribution in [2.75, 3.05) is 0 Å². The molecule has 0 N–H and O–H groups in total. The Morgan fingerprint density at radius 3 is 1.95 bits per heavy atom. The summed E-state index contributed by atoms with van der Waals surface area (Å²) in [6.07, 6.45) is 15.8. The molecule has 0 aliphatic carbocycles. The Morgan fingerprint density at radius 1 is 0.825 bits per heavy atom. The molecule has 2 heterocycles. The summed E-state index contributed by atoms with van der Waals surface area (Å²) in [4.78, 5) is 26.3. The van der Waals surface area contributed by atoms with E-state index in [4.69, 9.17) is 0 Å². The molecule has 204 valence electrons. The van der Waals surface area contributed by atoms with Crippen LogP contribution in [-0.2, 0) is 0 Å². The number of aromatic nitrogens is 2. The van der Waals surface area contributed by atoms with E-state index in [2.05, 4.69) is 59.7 Å². The van der Waals surface area contributed by atoms with Crippen molar-refractivity contribution in [1.29, 1.82) is 0 Å². The maximum atomic E-state index is 13.4. The molecule has 0 fully saturated rings. The Hall–Kier alpha value is -4.70. The van der Waals surface area contributed by atoms with Crippen LogP contribution in [0.1, 0.15) is 71.1 Å². The quantitative estimate of drug-likeness (QED) is 0.204. The third-order valence-corrected chi connectivity index (χ3v) is 6.63. The van der Waals surface area contributed by atoms with E-state index in [1.54, 1.807) is 27.4 Å². The minimum absolute atomic E-state index is 0.204. The Bertz CT molecular complexity index is 1650. The van der Waals surface area contributed by atoms with Crippen molar-refractivity contribution in [2.45, 2.75) is 34.6 Å². The van der Waals surface area contributed by atoms with Gasteiger partial charge in [0.25, 0.3) is 11.8 Å². The predicted octanol–water partition coefficient (Wildman–Crippen LogP) is 9.42. The molecule has 0 aliphatic heterocycles. The summed E-state index contributed by atoms with van der Waals surface area (Å²) in [7, 11) is 0. The van der Waals surface area contributed by atoms with E-state index in [0.717, 1.165) is 44.4 Å². The molecule has 40 heavy (non-hydrogen) atoms. The van der Waals surface area contributed by atoms with Gasteiger partial charge in [-0.1, -0.05) is 102 Å². The zero-order chi connectivity index (χ0) is 29.8. The first-order chi connectivity index (χ1) is 19.0. The van der Waals surface area contributed by atoms with Crippen LogP contribution < -0.4 is 0 Å². The molecule has 0 saturated heterocycles. The van der Waals surface area contributed by atoms with E-state index < -0.39 is 0 Å². The molecule has 3 aromatic rings. The Kier molecular flexibility index (Phi) is 8.95. The van der Waals surface area contributed by atoms with Crippen LogP contribution in [0.25, 0.3) is 40.8 Å². The van der Waals surface area contributed by atoms with E-state index in [1.807, 2.05) is 56.3 Å². The maximum absolute atomic E-state index is 13.4. The fourth-order valence-corrected chi connectivity index (χ4v) is 5.03. The second-order valence-electron chi connectivity index (χ2n) is 10.5. The van der Waals surface area contributed by atoms with Crippen LogP contribution in [0.3, 0.4) is 0 Å². The lowest BCUT2D eigenvalue weighted by molar-refractivity contribution is 0.0961. The summed E-state index contributed by atoms with van der Waals surface area (Å²) in [6, 6.07) is 7.77. The van der Waals surface area contributed by atoms with Gasteiger partial charge in [-0.3, -0.25) is 18.7 Å². The fourth-order valence-electron chi connectivity index (χ4n) is 5.03. The number of allylic oxidation sites excluding steroid dienone is 7. The highest BCUT2D eigenvalue weighted by molar-refractivity contribution is 6.05. The lowest BCUT2D eigenvalue weighted by atomic mass is 9.87. The summed E-state index contributed by atoms with van der Waals surface area (Å²) in [5.41, 5.74) is 6.73. The highest BCUT2D eigenvalue weighted by Crippen LogP contribution is 2.39. The van der Waals surface area contributed by atoms with E-state index in [0.29, 0.717) is 11.4 Å². The van der Waals surface area contributed by atoms with E-state index in [9.17, 15) is 9.59 Å². The molecule has 4 heteroatoms. The molecule has 0 bridgehead atoms. The lowest BCUT2D eigenvalue weighted by Gasteiger charge is -2.20. The zero-order valence-corrected chi connectivity index (χ0v) is 24.3. The van der Waals surface area contributed by atoms with Crippen LogP contribution >= 0.6 is 0 Å². The van der Waals surface area contributed by atoms with Gasteiger partial charge in [-0.05, 0) is 55.2 Å². The van der Waals surface area contributed by atoms with Crippen molar-refractivity contribution in [3.63, 3.8) is 0 Å². The molecule has 1 aromatic carbocycles. The molecule has 3 rings (SSSR count). The normalized spacial score (nSPS) is 12.5. The number of rotatable bonds is 9. The highest BCUT2D eigenvalue weighted by atomic mass is 16.2. The molecule has 0 aliphatic rings. The molecule has 2 aromatic heterocycles. The first-order valence-electron chi connectivity index (χ1n) is 13.2. The summed E-state index contributed by atoms with van der Waals surface area (Å²) in [5, 5.41) is 0.924. The van der Waals surface area contributed by atoms with Crippen molar-refractivity contribution in [3.8, 4) is 0 Å². The molecular weight excluding hydrogens is 492 g/mol. The standard InChI is InChI=1S/C36H38N2O2/c1-11-19-31-26(13-3)27(14-4)35(38(31)34(40)16-6)30(23-36(8,9)10)25(12-2)22-29-24(7)37(33(39)15-5)32-21-18-17-20-28(29)32/h11-23H,2-6H2,1,7-10H3/b19-11-,25-22+,30-23-. The van der Waals surface area contributed by atoms with Gasteiger partial charge in [0.05, 0.1) is 16.9 Å². The van der Waals surface area contributed by atoms with Crippen molar-refractivity contribution in [3.05, 3.63) is 127 Å². The number of fused-ring (bicyclic) bond motifs is 1. The number of hydrogen-bond donors (Lipinski definition) is 0. The Morgan fingerprint density at radius 2 is 1.43 bits per heavy atom. The number of carbonyl (C=O) groups excluding carboxylic acids is 2. The first kappa shape index (κ1) is 29.9. The Balaban J connectivity index is 2.56.